The van der Waals surface area contributed by atoms with Crippen LogP contribution in [0.3, 0.4) is 0 Å². The molecule has 0 aliphatic rings. The molecule has 3 rings (SSSR count). The van der Waals surface area contributed by atoms with Crippen LogP contribution in [-0.2, 0) is 22.6 Å². The van der Waals surface area contributed by atoms with Crippen LogP contribution in [0.15, 0.2) is 72.1 Å². The van der Waals surface area contributed by atoms with Crippen molar-refractivity contribution in [3.8, 4) is 5.75 Å². The Bertz CT molecular complexity index is 1010. The Labute approximate surface area is 198 Å². The molecule has 3 amide bonds. The van der Waals surface area contributed by atoms with Gasteiger partial charge in [-0.3, -0.25) is 4.79 Å². The van der Waals surface area contributed by atoms with Crippen molar-refractivity contribution in [1.82, 2.24) is 9.80 Å². The molecule has 8 heteroatoms. The largest absolute Gasteiger partial charge is 0.495 e. The zero-order valence-electron chi connectivity index (χ0n) is 18.9. The summed E-state index contributed by atoms with van der Waals surface area (Å²) in [6.45, 7) is 1.47. The van der Waals surface area contributed by atoms with Crippen molar-refractivity contribution < 1.29 is 19.1 Å². The molecule has 0 fully saturated rings. The van der Waals surface area contributed by atoms with Gasteiger partial charge in [0.05, 0.1) is 25.9 Å². The summed E-state index contributed by atoms with van der Waals surface area (Å²) >= 11 is 1.60. The fourth-order valence-corrected chi connectivity index (χ4v) is 4.01. The Balaban J connectivity index is 1.75. The lowest BCUT2D eigenvalue weighted by Gasteiger charge is -2.28. The topological polar surface area (TPSA) is 71.1 Å². The molecule has 0 radical (unpaired) electrons. The van der Waals surface area contributed by atoms with Gasteiger partial charge in [0, 0.05) is 25.1 Å². The molecular formula is C25H29N3O4S. The lowest BCUT2D eigenvalue weighted by Crippen LogP contribution is -2.45. The normalized spacial score (nSPS) is 10.5. The highest BCUT2D eigenvalue weighted by Crippen LogP contribution is 2.23. The summed E-state index contributed by atoms with van der Waals surface area (Å²) in [6, 6.07) is 20.6. The molecule has 0 saturated carbocycles. The van der Waals surface area contributed by atoms with Gasteiger partial charge in [0.2, 0.25) is 5.91 Å². The van der Waals surface area contributed by atoms with Crippen molar-refractivity contribution in [2.75, 3.05) is 39.2 Å². The van der Waals surface area contributed by atoms with Crippen molar-refractivity contribution in [3.05, 3.63) is 82.6 Å². The van der Waals surface area contributed by atoms with Gasteiger partial charge in [-0.25, -0.2) is 4.79 Å². The van der Waals surface area contributed by atoms with E-state index < -0.39 is 0 Å². The Morgan fingerprint density at radius 3 is 2.36 bits per heavy atom. The van der Waals surface area contributed by atoms with E-state index in [-0.39, 0.29) is 25.0 Å². The van der Waals surface area contributed by atoms with Crippen LogP contribution in [0.4, 0.5) is 10.5 Å². The first-order valence-corrected chi connectivity index (χ1v) is 11.5. The van der Waals surface area contributed by atoms with Crippen molar-refractivity contribution in [1.29, 1.82) is 0 Å². The molecule has 0 saturated heterocycles. The number of urea groups is 1. The van der Waals surface area contributed by atoms with E-state index in [1.54, 1.807) is 42.6 Å². The summed E-state index contributed by atoms with van der Waals surface area (Å²) in [5, 5.41) is 4.84. The fraction of sp³-hybridized carbons (Fsp3) is 0.280. The van der Waals surface area contributed by atoms with E-state index in [0.29, 0.717) is 31.1 Å². The molecule has 3 aromatic rings. The highest BCUT2D eigenvalue weighted by molar-refractivity contribution is 7.09. The Morgan fingerprint density at radius 1 is 0.909 bits per heavy atom. The number of hydrogen-bond donors (Lipinski definition) is 1. The second kappa shape index (κ2) is 12.6. The first-order chi connectivity index (χ1) is 16.1. The van der Waals surface area contributed by atoms with Gasteiger partial charge in [0.25, 0.3) is 0 Å². The van der Waals surface area contributed by atoms with Crippen LogP contribution in [0.1, 0.15) is 10.4 Å². The fourth-order valence-electron chi connectivity index (χ4n) is 3.29. The van der Waals surface area contributed by atoms with Crippen LogP contribution in [0.25, 0.3) is 0 Å². The number of nitrogens with one attached hydrogen (secondary N) is 1. The molecule has 0 spiro atoms. The number of ether oxygens (including phenoxy) is 2. The number of anilines is 1. The highest BCUT2D eigenvalue weighted by atomic mass is 32.1. The summed E-state index contributed by atoms with van der Waals surface area (Å²) in [5.74, 6) is 0.408. The third-order valence-corrected chi connectivity index (χ3v) is 5.88. The number of carbonyl (C=O) groups excluding carboxylic acids is 2. The van der Waals surface area contributed by atoms with Crippen molar-refractivity contribution in [3.63, 3.8) is 0 Å². The number of para-hydroxylation sites is 2. The third kappa shape index (κ3) is 7.34. The van der Waals surface area contributed by atoms with Gasteiger partial charge in [-0.2, -0.15) is 0 Å². The van der Waals surface area contributed by atoms with Gasteiger partial charge in [-0.05, 0) is 29.1 Å². The zero-order valence-corrected chi connectivity index (χ0v) is 19.7. The summed E-state index contributed by atoms with van der Waals surface area (Å²) in [4.78, 5) is 30.7. The van der Waals surface area contributed by atoms with E-state index in [0.717, 1.165) is 10.4 Å². The molecule has 1 N–H and O–H groups in total. The number of thiophene rings is 1. The Morgan fingerprint density at radius 2 is 1.67 bits per heavy atom. The van der Waals surface area contributed by atoms with Gasteiger partial charge in [0.15, 0.2) is 0 Å². The summed E-state index contributed by atoms with van der Waals surface area (Å²) < 4.78 is 10.5. The molecule has 2 aromatic carbocycles. The number of carbonyl (C=O) groups is 2. The van der Waals surface area contributed by atoms with Crippen LogP contribution >= 0.6 is 11.3 Å². The Hall–Kier alpha value is -3.36. The van der Waals surface area contributed by atoms with Crippen molar-refractivity contribution >= 4 is 29.0 Å². The molecule has 0 aliphatic carbocycles. The van der Waals surface area contributed by atoms with Crippen molar-refractivity contribution in [2.45, 2.75) is 13.1 Å². The van der Waals surface area contributed by atoms with Crippen LogP contribution < -0.4 is 10.1 Å². The van der Waals surface area contributed by atoms with Gasteiger partial charge < -0.3 is 24.6 Å². The molecule has 174 valence electrons. The molecule has 7 nitrogen and oxygen atoms in total. The zero-order chi connectivity index (χ0) is 23.5. The maximum Gasteiger partial charge on any atom is 0.322 e. The van der Waals surface area contributed by atoms with E-state index in [4.69, 9.17) is 9.47 Å². The predicted molar refractivity (Wildman–Crippen MR) is 130 cm³/mol. The second-order valence-electron chi connectivity index (χ2n) is 7.36. The van der Waals surface area contributed by atoms with E-state index in [1.165, 1.54) is 4.90 Å². The minimum atomic E-state index is -0.388. The number of benzene rings is 2. The number of nitrogens with zero attached hydrogens (tertiary/aromatic N) is 2. The Kier molecular flexibility index (Phi) is 9.29. The third-order valence-electron chi connectivity index (χ3n) is 5.02. The lowest BCUT2D eigenvalue weighted by atomic mass is 10.2. The van der Waals surface area contributed by atoms with Crippen molar-refractivity contribution in [2.24, 2.45) is 0 Å². The highest BCUT2D eigenvalue weighted by Gasteiger charge is 2.23. The minimum absolute atomic E-state index is 0.0669. The quantitative estimate of drug-likeness (QED) is 0.452. The first-order valence-electron chi connectivity index (χ1n) is 10.6. The maximum atomic E-state index is 13.4. The van der Waals surface area contributed by atoms with Crippen LogP contribution in [-0.4, -0.2) is 55.7 Å². The van der Waals surface area contributed by atoms with Crippen LogP contribution in [0.5, 0.6) is 5.75 Å². The van der Waals surface area contributed by atoms with Gasteiger partial charge >= 0.3 is 6.03 Å². The molecule has 0 atom stereocenters. The summed E-state index contributed by atoms with van der Waals surface area (Å²) in [7, 11) is 3.11. The molecule has 1 heterocycles. The molecule has 0 unspecified atom stereocenters. The van der Waals surface area contributed by atoms with E-state index in [2.05, 4.69) is 5.32 Å². The van der Waals surface area contributed by atoms with Crippen LogP contribution in [0.2, 0.25) is 0 Å². The van der Waals surface area contributed by atoms with Gasteiger partial charge in [0.1, 0.15) is 12.3 Å². The van der Waals surface area contributed by atoms with E-state index in [1.807, 2.05) is 60.0 Å². The van der Waals surface area contributed by atoms with Gasteiger partial charge in [-0.15, -0.1) is 11.3 Å². The minimum Gasteiger partial charge on any atom is -0.495 e. The first kappa shape index (κ1) is 24.3. The number of methoxy groups -OCH3 is 2. The van der Waals surface area contributed by atoms with E-state index >= 15 is 0 Å². The molecule has 0 aliphatic heterocycles. The number of amides is 3. The average Bonchev–Trinajstić information content (AvgIpc) is 3.35. The van der Waals surface area contributed by atoms with Crippen LogP contribution in [0, 0.1) is 0 Å². The maximum absolute atomic E-state index is 13.4. The smallest absolute Gasteiger partial charge is 0.322 e. The number of rotatable bonds is 11. The summed E-state index contributed by atoms with van der Waals surface area (Å²) in [6.07, 6.45) is 0. The SMILES string of the molecule is COCCN(CC(=O)N(Cc1ccccc1)Cc1cccs1)C(=O)Nc1ccccc1OC. The average molecular weight is 468 g/mol. The van der Waals surface area contributed by atoms with Gasteiger partial charge in [-0.1, -0.05) is 48.5 Å². The second-order valence-corrected chi connectivity index (χ2v) is 8.39. The predicted octanol–water partition coefficient (Wildman–Crippen LogP) is 4.47. The van der Waals surface area contributed by atoms with E-state index in [9.17, 15) is 9.59 Å². The molecule has 33 heavy (non-hydrogen) atoms. The molecular weight excluding hydrogens is 438 g/mol. The summed E-state index contributed by atoms with van der Waals surface area (Å²) in [5.41, 5.74) is 1.57. The lowest BCUT2D eigenvalue weighted by molar-refractivity contribution is -0.133. The standard InChI is InChI=1S/C25H29N3O4S/c1-31-15-14-27(25(30)26-22-12-6-7-13-23(22)32-2)19-24(29)28(18-21-11-8-16-33-21)17-20-9-4-3-5-10-20/h3-13,16H,14-15,17-19H2,1-2H3,(H,26,30). The number of hydrogen-bond acceptors (Lipinski definition) is 5. The molecule has 1 aromatic heterocycles. The molecule has 0 bridgehead atoms. The monoisotopic (exact) mass is 467 g/mol.